The zero-order chi connectivity index (χ0) is 22.7. The molecule has 0 N–H and O–H groups in total. The molecule has 170 valence electrons. The molecule has 0 aromatic rings. The number of ketones is 2. The summed E-state index contributed by atoms with van der Waals surface area (Å²) < 4.78 is 20.3. The molecule has 0 aromatic heterocycles. The van der Waals surface area contributed by atoms with Gasteiger partial charge in [0.05, 0.1) is 23.5 Å². The molecule has 0 radical (unpaired) electrons. The van der Waals surface area contributed by atoms with E-state index < -0.39 is 17.2 Å². The summed E-state index contributed by atoms with van der Waals surface area (Å²) in [6.07, 6.45) is 3.56. The predicted molar refractivity (Wildman–Crippen MR) is 113 cm³/mol. The van der Waals surface area contributed by atoms with E-state index in [4.69, 9.17) is 14.2 Å². The predicted octanol–water partition coefficient (Wildman–Crippen LogP) is 1.34. The van der Waals surface area contributed by atoms with E-state index in [2.05, 4.69) is 11.7 Å². The second kappa shape index (κ2) is 18.4. The van der Waals surface area contributed by atoms with Crippen LogP contribution in [-0.2, 0) is 38.1 Å². The van der Waals surface area contributed by atoms with Crippen molar-refractivity contribution in [2.24, 2.45) is 0 Å². The zero-order valence-corrected chi connectivity index (χ0v) is 20.8. The van der Waals surface area contributed by atoms with E-state index in [0.717, 1.165) is 25.7 Å². The number of hydrogen-bond donors (Lipinski definition) is 0. The Hall–Kier alpha value is -1.58. The molecule has 9 heteroatoms. The third-order valence-electron chi connectivity index (χ3n) is 3.66. The molecule has 0 heterocycles. The number of Topliss-reactive ketones (excluding diaryl/α,β-unsaturated/α-hetero) is 2. The molecular formula is C20H38O8Si. The topological polar surface area (TPSA) is 105 Å². The molecule has 0 amide bonds. The standard InChI is InChI=1S/C14H28O5Si.C6H10O3/c1-4-7-9-17-11-12(15)14(20,13(16)18-6-3)19-10-8-5-2;1-3-9-6(8)4-5(2)7/h4-11H2,1-3,20H3;3-4H2,1-2H3. The number of rotatable bonds is 15. The molecule has 0 saturated heterocycles. The maximum atomic E-state index is 12.2. The molecule has 29 heavy (non-hydrogen) atoms. The van der Waals surface area contributed by atoms with Crippen LogP contribution >= 0.6 is 0 Å². The first-order valence-electron chi connectivity index (χ1n) is 10.3. The molecule has 0 rings (SSSR count). The van der Waals surface area contributed by atoms with Crippen LogP contribution in [0.15, 0.2) is 0 Å². The summed E-state index contributed by atoms with van der Waals surface area (Å²) in [6.45, 7) is 10.3. The van der Waals surface area contributed by atoms with Crippen LogP contribution in [0.1, 0.15) is 66.7 Å². The first kappa shape index (κ1) is 29.6. The average Bonchev–Trinajstić information content (AvgIpc) is 2.65. The lowest BCUT2D eigenvalue weighted by Crippen LogP contribution is -2.52. The van der Waals surface area contributed by atoms with Crippen molar-refractivity contribution in [1.82, 2.24) is 0 Å². The summed E-state index contributed by atoms with van der Waals surface area (Å²) in [4.78, 5) is 44.9. The number of carbonyl (C=O) groups is 4. The molecular weight excluding hydrogens is 396 g/mol. The molecule has 0 aliphatic heterocycles. The van der Waals surface area contributed by atoms with E-state index in [0.29, 0.717) is 19.8 Å². The summed E-state index contributed by atoms with van der Waals surface area (Å²) >= 11 is 0. The van der Waals surface area contributed by atoms with E-state index in [9.17, 15) is 19.2 Å². The Kier molecular flexibility index (Phi) is 18.8. The minimum atomic E-state index is -1.42. The summed E-state index contributed by atoms with van der Waals surface area (Å²) in [5.41, 5.74) is 0. The second-order valence-electron chi connectivity index (χ2n) is 6.47. The quantitative estimate of drug-likeness (QED) is 0.165. The van der Waals surface area contributed by atoms with Gasteiger partial charge in [0.15, 0.2) is 5.78 Å². The van der Waals surface area contributed by atoms with Gasteiger partial charge in [0.2, 0.25) is 5.22 Å². The van der Waals surface area contributed by atoms with Gasteiger partial charge in [0.1, 0.15) is 18.8 Å². The normalized spacial score (nSPS) is 12.3. The van der Waals surface area contributed by atoms with E-state index in [-0.39, 0.29) is 41.4 Å². The lowest BCUT2D eigenvalue weighted by atomic mass is 10.2. The summed E-state index contributed by atoms with van der Waals surface area (Å²) in [7, 11) is 0.260. The summed E-state index contributed by atoms with van der Waals surface area (Å²) in [5, 5.41) is -1.42. The Bertz CT molecular complexity index is 495. The van der Waals surface area contributed by atoms with E-state index in [1.807, 2.05) is 6.92 Å². The first-order valence-corrected chi connectivity index (χ1v) is 11.3. The monoisotopic (exact) mass is 434 g/mol. The van der Waals surface area contributed by atoms with E-state index in [1.165, 1.54) is 6.92 Å². The van der Waals surface area contributed by atoms with Crippen molar-refractivity contribution in [3.63, 3.8) is 0 Å². The highest BCUT2D eigenvalue weighted by Gasteiger charge is 2.43. The van der Waals surface area contributed by atoms with Crippen LogP contribution in [-0.4, -0.2) is 72.0 Å². The van der Waals surface area contributed by atoms with Gasteiger partial charge in [-0.05, 0) is 33.6 Å². The van der Waals surface area contributed by atoms with Crippen molar-refractivity contribution in [2.75, 3.05) is 33.0 Å². The Labute approximate surface area is 177 Å². The fourth-order valence-electron chi connectivity index (χ4n) is 1.91. The molecule has 0 bridgehead atoms. The van der Waals surface area contributed by atoms with Crippen molar-refractivity contribution in [3.05, 3.63) is 0 Å². The minimum Gasteiger partial charge on any atom is -0.466 e. The molecule has 1 atom stereocenters. The Morgan fingerprint density at radius 3 is 1.90 bits per heavy atom. The van der Waals surface area contributed by atoms with Crippen LogP contribution < -0.4 is 0 Å². The van der Waals surface area contributed by atoms with E-state index >= 15 is 0 Å². The Morgan fingerprint density at radius 2 is 1.41 bits per heavy atom. The molecule has 0 aliphatic carbocycles. The molecule has 8 nitrogen and oxygen atoms in total. The van der Waals surface area contributed by atoms with Crippen LogP contribution in [0, 0.1) is 0 Å². The molecule has 0 aromatic carbocycles. The molecule has 0 saturated carbocycles. The second-order valence-corrected chi connectivity index (χ2v) is 7.88. The number of carbonyl (C=O) groups excluding carboxylic acids is 4. The Balaban J connectivity index is 0. The summed E-state index contributed by atoms with van der Waals surface area (Å²) in [5.74, 6) is -1.50. The fraction of sp³-hybridized carbons (Fsp3) is 0.800. The van der Waals surface area contributed by atoms with Gasteiger partial charge >= 0.3 is 11.9 Å². The van der Waals surface area contributed by atoms with Crippen LogP contribution in [0.5, 0.6) is 0 Å². The third kappa shape index (κ3) is 15.0. The van der Waals surface area contributed by atoms with Gasteiger partial charge in [0.25, 0.3) is 0 Å². The number of esters is 2. The number of unbranched alkanes of at least 4 members (excludes halogenated alkanes) is 2. The molecule has 0 spiro atoms. The smallest absolute Gasteiger partial charge is 0.341 e. The van der Waals surface area contributed by atoms with Crippen LogP contribution in [0.2, 0.25) is 0 Å². The molecule has 1 unspecified atom stereocenters. The minimum absolute atomic E-state index is 0.0888. The van der Waals surface area contributed by atoms with Gasteiger partial charge in [0, 0.05) is 13.2 Å². The van der Waals surface area contributed by atoms with Crippen molar-refractivity contribution in [1.29, 1.82) is 0 Å². The molecule has 0 aliphatic rings. The highest BCUT2D eigenvalue weighted by Crippen LogP contribution is 2.13. The van der Waals surface area contributed by atoms with Gasteiger partial charge in [-0.2, -0.15) is 0 Å². The van der Waals surface area contributed by atoms with Crippen molar-refractivity contribution in [3.8, 4) is 0 Å². The SMILES string of the molecule is CCCCOCC(=O)C([SiH3])(OCCCC)C(=O)OCC.CCOC(=O)CC(C)=O. The van der Waals surface area contributed by atoms with Gasteiger partial charge in [-0.3, -0.25) is 14.4 Å². The summed E-state index contributed by atoms with van der Waals surface area (Å²) in [6, 6.07) is 0. The lowest BCUT2D eigenvalue weighted by Gasteiger charge is -2.26. The van der Waals surface area contributed by atoms with Gasteiger partial charge in [-0.15, -0.1) is 0 Å². The Morgan fingerprint density at radius 1 is 0.862 bits per heavy atom. The van der Waals surface area contributed by atoms with Crippen molar-refractivity contribution >= 4 is 33.7 Å². The van der Waals surface area contributed by atoms with Gasteiger partial charge < -0.3 is 18.9 Å². The fourth-order valence-corrected chi connectivity index (χ4v) is 2.40. The number of ether oxygens (including phenoxy) is 4. The largest absolute Gasteiger partial charge is 0.466 e. The third-order valence-corrected chi connectivity index (χ3v) is 4.91. The first-order chi connectivity index (χ1) is 13.7. The van der Waals surface area contributed by atoms with Gasteiger partial charge in [-0.25, -0.2) is 4.79 Å². The highest BCUT2D eigenvalue weighted by molar-refractivity contribution is 6.39. The maximum absolute atomic E-state index is 12.2. The van der Waals surface area contributed by atoms with Crippen LogP contribution in [0.3, 0.4) is 0 Å². The van der Waals surface area contributed by atoms with Crippen molar-refractivity contribution < 1.29 is 38.1 Å². The van der Waals surface area contributed by atoms with Gasteiger partial charge in [-0.1, -0.05) is 26.7 Å². The maximum Gasteiger partial charge on any atom is 0.341 e. The van der Waals surface area contributed by atoms with Crippen molar-refractivity contribution in [2.45, 2.75) is 71.9 Å². The zero-order valence-electron chi connectivity index (χ0n) is 18.8. The highest BCUT2D eigenvalue weighted by atomic mass is 28.1. The lowest BCUT2D eigenvalue weighted by molar-refractivity contribution is -0.168. The van der Waals surface area contributed by atoms with Crippen LogP contribution in [0.25, 0.3) is 0 Å². The van der Waals surface area contributed by atoms with E-state index in [1.54, 1.807) is 13.8 Å². The number of hydrogen-bond acceptors (Lipinski definition) is 8. The average molecular weight is 435 g/mol. The molecule has 0 fully saturated rings. The van der Waals surface area contributed by atoms with Crippen LogP contribution in [0.4, 0.5) is 0 Å².